The quantitative estimate of drug-likeness (QED) is 0.749. The van der Waals surface area contributed by atoms with Gasteiger partial charge in [0, 0.05) is 29.5 Å². The van der Waals surface area contributed by atoms with Gasteiger partial charge in [-0.15, -0.1) is 0 Å². The molecule has 1 aliphatic carbocycles. The number of nitrogens with one attached hydrogen (secondary N) is 1. The van der Waals surface area contributed by atoms with Crippen LogP contribution in [0.15, 0.2) is 24.5 Å². The summed E-state index contributed by atoms with van der Waals surface area (Å²) in [5.74, 6) is 0. The fraction of sp³-hybridized carbons (Fsp3) is 0.545. The minimum atomic E-state index is -0.179. The zero-order valence-electron chi connectivity index (χ0n) is 8.57. The number of aliphatic hydroxyl groups is 1. The normalized spacial score (nSPS) is 29.4. The fourth-order valence-corrected chi connectivity index (χ4v) is 1.80. The van der Waals surface area contributed by atoms with E-state index in [0.717, 1.165) is 12.1 Å². The van der Waals surface area contributed by atoms with Gasteiger partial charge in [-0.2, -0.15) is 0 Å². The second-order valence-corrected chi connectivity index (χ2v) is 4.51. The van der Waals surface area contributed by atoms with E-state index >= 15 is 0 Å². The summed E-state index contributed by atoms with van der Waals surface area (Å²) in [5.41, 5.74) is 1.05. The molecule has 1 aromatic rings. The summed E-state index contributed by atoms with van der Waals surface area (Å²) in [6.07, 6.45) is 4.19. The molecule has 1 saturated carbocycles. The van der Waals surface area contributed by atoms with Gasteiger partial charge in [0.2, 0.25) is 0 Å². The van der Waals surface area contributed by atoms with Crippen LogP contribution in [0.1, 0.15) is 20.3 Å². The number of nitrogens with zero attached hydrogens (tertiary/aromatic N) is 1. The third-order valence-electron chi connectivity index (χ3n) is 3.24. The van der Waals surface area contributed by atoms with Crippen LogP contribution in [0.2, 0.25) is 0 Å². The van der Waals surface area contributed by atoms with Gasteiger partial charge in [-0.25, -0.2) is 0 Å². The van der Waals surface area contributed by atoms with Crippen molar-refractivity contribution in [2.45, 2.75) is 32.4 Å². The van der Waals surface area contributed by atoms with Gasteiger partial charge in [0.1, 0.15) is 0 Å². The van der Waals surface area contributed by atoms with Crippen LogP contribution in [0, 0.1) is 5.41 Å². The highest BCUT2D eigenvalue weighted by atomic mass is 16.3. The van der Waals surface area contributed by atoms with Gasteiger partial charge in [-0.1, -0.05) is 13.8 Å². The molecule has 0 bridgehead atoms. The predicted molar refractivity (Wildman–Crippen MR) is 56.1 cm³/mol. The van der Waals surface area contributed by atoms with Crippen LogP contribution >= 0.6 is 0 Å². The number of hydrogen-bond acceptors (Lipinski definition) is 3. The Morgan fingerprint density at radius 3 is 2.57 bits per heavy atom. The van der Waals surface area contributed by atoms with Crippen LogP contribution < -0.4 is 5.32 Å². The summed E-state index contributed by atoms with van der Waals surface area (Å²) in [6.45, 7) is 4.17. The van der Waals surface area contributed by atoms with E-state index in [1.807, 2.05) is 12.1 Å². The molecule has 0 aliphatic heterocycles. The van der Waals surface area contributed by atoms with Crippen molar-refractivity contribution in [2.24, 2.45) is 5.41 Å². The molecule has 2 unspecified atom stereocenters. The standard InChI is InChI=1S/C11H16N2O/c1-11(2)9(7-10(11)14)13-8-3-5-12-6-4-8/h3-6,9-10,14H,7H2,1-2H3,(H,12,13). The number of pyridine rings is 1. The van der Waals surface area contributed by atoms with E-state index in [9.17, 15) is 5.11 Å². The Hall–Kier alpha value is -1.09. The third-order valence-corrected chi connectivity index (χ3v) is 3.24. The second-order valence-electron chi connectivity index (χ2n) is 4.51. The third kappa shape index (κ3) is 1.48. The molecule has 3 nitrogen and oxygen atoms in total. The van der Waals surface area contributed by atoms with Gasteiger partial charge in [0.05, 0.1) is 6.10 Å². The molecule has 14 heavy (non-hydrogen) atoms. The largest absolute Gasteiger partial charge is 0.392 e. The van der Waals surface area contributed by atoms with Gasteiger partial charge >= 0.3 is 0 Å². The molecule has 1 fully saturated rings. The van der Waals surface area contributed by atoms with Crippen molar-refractivity contribution in [2.75, 3.05) is 5.32 Å². The van der Waals surface area contributed by atoms with E-state index in [0.29, 0.717) is 6.04 Å². The maximum Gasteiger partial charge on any atom is 0.0630 e. The van der Waals surface area contributed by atoms with Gasteiger partial charge in [-0.05, 0) is 18.6 Å². The predicted octanol–water partition coefficient (Wildman–Crippen LogP) is 1.65. The van der Waals surface area contributed by atoms with Crippen molar-refractivity contribution in [1.82, 2.24) is 4.98 Å². The Labute approximate surface area is 84.2 Å². The molecule has 76 valence electrons. The van der Waals surface area contributed by atoms with E-state index in [1.54, 1.807) is 12.4 Å². The molecule has 1 heterocycles. The Balaban J connectivity index is 2.01. The lowest BCUT2D eigenvalue weighted by Gasteiger charge is -2.49. The van der Waals surface area contributed by atoms with Gasteiger partial charge < -0.3 is 10.4 Å². The summed E-state index contributed by atoms with van der Waals surface area (Å²) in [4.78, 5) is 3.96. The monoisotopic (exact) mass is 192 g/mol. The molecule has 2 N–H and O–H groups in total. The van der Waals surface area contributed by atoms with Crippen molar-refractivity contribution in [1.29, 1.82) is 0 Å². The van der Waals surface area contributed by atoms with Crippen LogP contribution in [0.4, 0.5) is 5.69 Å². The smallest absolute Gasteiger partial charge is 0.0630 e. The summed E-state index contributed by atoms with van der Waals surface area (Å²) >= 11 is 0. The van der Waals surface area contributed by atoms with E-state index in [2.05, 4.69) is 24.1 Å². The molecular weight excluding hydrogens is 176 g/mol. The lowest BCUT2D eigenvalue weighted by atomic mass is 9.64. The van der Waals surface area contributed by atoms with E-state index in [1.165, 1.54) is 0 Å². The van der Waals surface area contributed by atoms with Gasteiger partial charge in [0.25, 0.3) is 0 Å². The second kappa shape index (κ2) is 3.24. The molecule has 1 aliphatic rings. The maximum absolute atomic E-state index is 9.57. The summed E-state index contributed by atoms with van der Waals surface area (Å²) in [7, 11) is 0. The Bertz CT molecular complexity index is 310. The van der Waals surface area contributed by atoms with Crippen molar-refractivity contribution in [3.05, 3.63) is 24.5 Å². The van der Waals surface area contributed by atoms with E-state index < -0.39 is 0 Å². The van der Waals surface area contributed by atoms with Crippen LogP contribution in [-0.4, -0.2) is 22.2 Å². The van der Waals surface area contributed by atoms with E-state index in [-0.39, 0.29) is 11.5 Å². The minimum absolute atomic E-state index is 0.0245. The van der Waals surface area contributed by atoms with Crippen molar-refractivity contribution < 1.29 is 5.11 Å². The van der Waals surface area contributed by atoms with Crippen molar-refractivity contribution in [3.63, 3.8) is 0 Å². The molecule has 0 aromatic carbocycles. The van der Waals surface area contributed by atoms with Gasteiger partial charge in [0.15, 0.2) is 0 Å². The molecule has 2 atom stereocenters. The number of aliphatic hydroxyl groups excluding tert-OH is 1. The SMILES string of the molecule is CC1(C)C(O)CC1Nc1ccncc1. The molecule has 0 saturated heterocycles. The maximum atomic E-state index is 9.57. The number of aromatic nitrogens is 1. The molecular formula is C11H16N2O. The van der Waals surface area contributed by atoms with Crippen molar-refractivity contribution in [3.8, 4) is 0 Å². The average Bonchev–Trinajstić information content (AvgIpc) is 2.19. The molecule has 0 amide bonds. The van der Waals surface area contributed by atoms with Crippen LogP contribution in [0.3, 0.4) is 0 Å². The van der Waals surface area contributed by atoms with E-state index in [4.69, 9.17) is 0 Å². The first-order valence-corrected chi connectivity index (χ1v) is 4.95. The van der Waals surface area contributed by atoms with Crippen LogP contribution in [-0.2, 0) is 0 Å². The number of hydrogen-bond donors (Lipinski definition) is 2. The fourth-order valence-electron chi connectivity index (χ4n) is 1.80. The zero-order chi connectivity index (χ0) is 10.2. The Morgan fingerprint density at radius 1 is 1.43 bits per heavy atom. The van der Waals surface area contributed by atoms with Crippen LogP contribution in [0.5, 0.6) is 0 Å². The number of rotatable bonds is 2. The first-order chi connectivity index (χ1) is 6.60. The highest BCUT2D eigenvalue weighted by molar-refractivity contribution is 5.43. The highest BCUT2D eigenvalue weighted by Gasteiger charge is 2.47. The highest BCUT2D eigenvalue weighted by Crippen LogP contribution is 2.42. The molecule has 2 rings (SSSR count). The summed E-state index contributed by atoms with van der Waals surface area (Å²) in [5, 5.41) is 13.0. The molecule has 0 radical (unpaired) electrons. The Morgan fingerprint density at radius 2 is 2.07 bits per heavy atom. The van der Waals surface area contributed by atoms with Crippen LogP contribution in [0.25, 0.3) is 0 Å². The number of anilines is 1. The zero-order valence-corrected chi connectivity index (χ0v) is 8.57. The molecule has 3 heteroatoms. The first kappa shape index (κ1) is 9.46. The summed E-state index contributed by atoms with van der Waals surface area (Å²) in [6, 6.07) is 4.25. The minimum Gasteiger partial charge on any atom is -0.392 e. The average molecular weight is 192 g/mol. The topological polar surface area (TPSA) is 45.1 Å². The lowest BCUT2D eigenvalue weighted by molar-refractivity contribution is -0.0510. The molecule has 0 spiro atoms. The first-order valence-electron chi connectivity index (χ1n) is 4.95. The lowest BCUT2D eigenvalue weighted by Crippen LogP contribution is -2.56. The Kier molecular flexibility index (Phi) is 2.19. The van der Waals surface area contributed by atoms with Crippen molar-refractivity contribution >= 4 is 5.69 Å². The summed E-state index contributed by atoms with van der Waals surface area (Å²) < 4.78 is 0. The van der Waals surface area contributed by atoms with Gasteiger partial charge in [-0.3, -0.25) is 4.98 Å². The molecule has 1 aromatic heterocycles.